The van der Waals surface area contributed by atoms with E-state index in [1.54, 1.807) is 11.9 Å². The molecule has 0 aliphatic carbocycles. The molecule has 0 aromatic heterocycles. The van der Waals surface area contributed by atoms with Crippen LogP contribution in [0.2, 0.25) is 0 Å². The van der Waals surface area contributed by atoms with E-state index >= 15 is 0 Å². The standard InChI is InChI=1S/C10H17NO4S/c1-11(8-4-6-16(13,14)7-8)10(12)9-3-2-5-15-9/h8-9H,2-7H2,1H3/t8-,9+/m0/s1. The van der Waals surface area contributed by atoms with E-state index in [2.05, 4.69) is 0 Å². The van der Waals surface area contributed by atoms with Crippen LogP contribution in [0, 0.1) is 0 Å². The quantitative estimate of drug-likeness (QED) is 0.678. The SMILES string of the molecule is CN(C(=O)[C@H]1CCCO1)[C@H]1CCS(=O)(=O)C1. The molecule has 1 amide bonds. The van der Waals surface area contributed by atoms with Crippen molar-refractivity contribution in [1.82, 2.24) is 4.90 Å². The summed E-state index contributed by atoms with van der Waals surface area (Å²) in [7, 11) is -1.26. The van der Waals surface area contributed by atoms with Gasteiger partial charge in [0.05, 0.1) is 11.5 Å². The lowest BCUT2D eigenvalue weighted by Crippen LogP contribution is -2.43. The van der Waals surface area contributed by atoms with Crippen LogP contribution in [0.4, 0.5) is 0 Å². The van der Waals surface area contributed by atoms with Crippen molar-refractivity contribution in [2.75, 3.05) is 25.2 Å². The van der Waals surface area contributed by atoms with Crippen molar-refractivity contribution in [3.8, 4) is 0 Å². The number of nitrogens with zero attached hydrogens (tertiary/aromatic N) is 1. The highest BCUT2D eigenvalue weighted by Crippen LogP contribution is 2.20. The predicted molar refractivity (Wildman–Crippen MR) is 58.8 cm³/mol. The highest BCUT2D eigenvalue weighted by atomic mass is 32.2. The Morgan fingerprint density at radius 3 is 2.62 bits per heavy atom. The molecule has 2 saturated heterocycles. The van der Waals surface area contributed by atoms with Crippen LogP contribution in [0.5, 0.6) is 0 Å². The largest absolute Gasteiger partial charge is 0.368 e. The average Bonchev–Trinajstić information content (AvgIpc) is 2.84. The van der Waals surface area contributed by atoms with Crippen LogP contribution >= 0.6 is 0 Å². The Morgan fingerprint density at radius 1 is 1.38 bits per heavy atom. The van der Waals surface area contributed by atoms with E-state index in [1.165, 1.54) is 0 Å². The van der Waals surface area contributed by atoms with Crippen molar-refractivity contribution in [2.24, 2.45) is 0 Å². The van der Waals surface area contributed by atoms with Gasteiger partial charge in [0.1, 0.15) is 6.10 Å². The number of amides is 1. The molecule has 0 spiro atoms. The molecule has 0 aromatic rings. The fourth-order valence-corrected chi connectivity index (χ4v) is 4.03. The van der Waals surface area contributed by atoms with E-state index in [1.807, 2.05) is 0 Å². The van der Waals surface area contributed by atoms with Gasteiger partial charge in [-0.25, -0.2) is 8.42 Å². The summed E-state index contributed by atoms with van der Waals surface area (Å²) >= 11 is 0. The fourth-order valence-electron chi connectivity index (χ4n) is 2.26. The van der Waals surface area contributed by atoms with Gasteiger partial charge in [-0.05, 0) is 19.3 Å². The van der Waals surface area contributed by atoms with Gasteiger partial charge in [0.15, 0.2) is 9.84 Å². The van der Waals surface area contributed by atoms with Crippen molar-refractivity contribution >= 4 is 15.7 Å². The zero-order valence-electron chi connectivity index (χ0n) is 9.39. The first-order valence-electron chi connectivity index (χ1n) is 5.58. The molecular weight excluding hydrogens is 230 g/mol. The molecule has 5 nitrogen and oxygen atoms in total. The number of sulfone groups is 1. The van der Waals surface area contributed by atoms with E-state index in [-0.39, 0.29) is 29.6 Å². The van der Waals surface area contributed by atoms with Crippen molar-refractivity contribution < 1.29 is 17.9 Å². The minimum Gasteiger partial charge on any atom is -0.368 e. The van der Waals surface area contributed by atoms with E-state index < -0.39 is 9.84 Å². The maximum atomic E-state index is 11.9. The number of rotatable bonds is 2. The third-order valence-corrected chi connectivity index (χ3v) is 5.06. The average molecular weight is 247 g/mol. The van der Waals surface area contributed by atoms with Gasteiger partial charge in [-0.15, -0.1) is 0 Å². The first kappa shape index (κ1) is 11.9. The molecule has 0 radical (unpaired) electrons. The summed E-state index contributed by atoms with van der Waals surface area (Å²) in [6.07, 6.45) is 1.86. The Kier molecular flexibility index (Phi) is 3.21. The van der Waals surface area contributed by atoms with Gasteiger partial charge in [-0.1, -0.05) is 0 Å². The first-order valence-corrected chi connectivity index (χ1v) is 7.40. The van der Waals surface area contributed by atoms with Crippen LogP contribution < -0.4 is 0 Å². The third-order valence-electron chi connectivity index (χ3n) is 3.31. The van der Waals surface area contributed by atoms with Crippen LogP contribution in [0.1, 0.15) is 19.3 Å². The molecular formula is C10H17NO4S. The summed E-state index contributed by atoms with van der Waals surface area (Å²) in [5, 5.41) is 0. The lowest BCUT2D eigenvalue weighted by molar-refractivity contribution is -0.141. The van der Waals surface area contributed by atoms with E-state index in [0.29, 0.717) is 13.0 Å². The lowest BCUT2D eigenvalue weighted by Gasteiger charge is -2.25. The molecule has 6 heteroatoms. The summed E-state index contributed by atoms with van der Waals surface area (Å²) in [6, 6.07) is -0.165. The summed E-state index contributed by atoms with van der Waals surface area (Å²) in [4.78, 5) is 13.5. The number of likely N-dealkylation sites (N-methyl/N-ethyl adjacent to an activating group) is 1. The molecule has 2 fully saturated rings. The zero-order valence-corrected chi connectivity index (χ0v) is 10.2. The van der Waals surface area contributed by atoms with Crippen LogP contribution in [-0.2, 0) is 19.4 Å². The van der Waals surface area contributed by atoms with Crippen LogP contribution in [0.15, 0.2) is 0 Å². The number of carbonyl (C=O) groups is 1. The van der Waals surface area contributed by atoms with Gasteiger partial charge in [0.25, 0.3) is 5.91 Å². The van der Waals surface area contributed by atoms with Gasteiger partial charge in [-0.2, -0.15) is 0 Å². The van der Waals surface area contributed by atoms with Gasteiger partial charge in [0.2, 0.25) is 0 Å². The second kappa shape index (κ2) is 4.33. The Bertz CT molecular complexity index is 372. The molecule has 2 aliphatic rings. The van der Waals surface area contributed by atoms with Gasteiger partial charge in [-0.3, -0.25) is 4.79 Å². The molecule has 0 N–H and O–H groups in total. The molecule has 2 atom stereocenters. The van der Waals surface area contributed by atoms with E-state index in [4.69, 9.17) is 4.74 Å². The smallest absolute Gasteiger partial charge is 0.251 e. The molecule has 92 valence electrons. The number of ether oxygens (including phenoxy) is 1. The topological polar surface area (TPSA) is 63.7 Å². The van der Waals surface area contributed by atoms with Crippen LogP contribution in [0.3, 0.4) is 0 Å². The highest BCUT2D eigenvalue weighted by molar-refractivity contribution is 7.91. The third kappa shape index (κ3) is 2.38. The van der Waals surface area contributed by atoms with Crippen molar-refractivity contribution in [2.45, 2.75) is 31.4 Å². The van der Waals surface area contributed by atoms with Gasteiger partial charge >= 0.3 is 0 Å². The summed E-state index contributed by atoms with van der Waals surface area (Å²) < 4.78 is 27.9. The molecule has 2 aliphatic heterocycles. The Hall–Kier alpha value is -0.620. The highest BCUT2D eigenvalue weighted by Gasteiger charge is 2.36. The number of hydrogen-bond acceptors (Lipinski definition) is 4. The first-order chi connectivity index (χ1) is 7.49. The second-order valence-electron chi connectivity index (χ2n) is 4.51. The summed E-state index contributed by atoms with van der Waals surface area (Å²) in [6.45, 7) is 0.632. The summed E-state index contributed by atoms with van der Waals surface area (Å²) in [5.74, 6) is 0.225. The maximum absolute atomic E-state index is 11.9. The molecule has 16 heavy (non-hydrogen) atoms. The van der Waals surface area contributed by atoms with E-state index in [0.717, 1.165) is 12.8 Å². The predicted octanol–water partition coefficient (Wildman–Crippen LogP) is -0.189. The molecule has 0 saturated carbocycles. The molecule has 0 aromatic carbocycles. The Morgan fingerprint density at radius 2 is 2.12 bits per heavy atom. The van der Waals surface area contributed by atoms with Gasteiger partial charge < -0.3 is 9.64 Å². The van der Waals surface area contributed by atoms with Gasteiger partial charge in [0, 0.05) is 19.7 Å². The van der Waals surface area contributed by atoms with Crippen molar-refractivity contribution in [3.05, 3.63) is 0 Å². The Labute approximate surface area is 95.7 Å². The molecule has 2 heterocycles. The van der Waals surface area contributed by atoms with E-state index in [9.17, 15) is 13.2 Å². The molecule has 0 bridgehead atoms. The van der Waals surface area contributed by atoms with Crippen LogP contribution in [-0.4, -0.2) is 56.5 Å². The lowest BCUT2D eigenvalue weighted by atomic mass is 10.1. The number of hydrogen-bond donors (Lipinski definition) is 0. The van der Waals surface area contributed by atoms with Crippen molar-refractivity contribution in [3.63, 3.8) is 0 Å². The second-order valence-corrected chi connectivity index (χ2v) is 6.74. The minimum absolute atomic E-state index is 0.0698. The molecule has 2 rings (SSSR count). The number of carbonyl (C=O) groups excluding carboxylic acids is 1. The Balaban J connectivity index is 1.97. The van der Waals surface area contributed by atoms with Crippen molar-refractivity contribution in [1.29, 1.82) is 0 Å². The minimum atomic E-state index is -2.93. The fraction of sp³-hybridized carbons (Fsp3) is 0.900. The normalized spacial score (nSPS) is 32.8. The maximum Gasteiger partial charge on any atom is 0.251 e. The summed E-state index contributed by atoms with van der Waals surface area (Å²) in [5.41, 5.74) is 0. The van der Waals surface area contributed by atoms with Crippen LogP contribution in [0.25, 0.3) is 0 Å². The monoisotopic (exact) mass is 247 g/mol. The zero-order chi connectivity index (χ0) is 11.8. The molecule has 0 unspecified atom stereocenters.